The molecule has 0 atom stereocenters. The van der Waals surface area contributed by atoms with Gasteiger partial charge in [0, 0.05) is 25.9 Å². The standard InChI is InChI=1S/C23H21N9O2S/c1-31(2)19-12-11-15(14-25-19)26-21-20(16-8-4-5-9-17(16)30-35(3,33)34)29-32-22(27-28-23(21)32)18-10-6-7-13-24-18/h4-14,30H,1-3H3/b26-21-. The van der Waals surface area contributed by atoms with Crippen LogP contribution < -0.4 is 9.62 Å². The average molecular weight is 488 g/mol. The fourth-order valence-electron chi connectivity index (χ4n) is 3.53. The Hall–Kier alpha value is -4.45. The van der Waals surface area contributed by atoms with E-state index in [1.54, 1.807) is 41.3 Å². The fourth-order valence-corrected chi connectivity index (χ4v) is 4.11. The summed E-state index contributed by atoms with van der Waals surface area (Å²) < 4.78 is 28.1. The summed E-state index contributed by atoms with van der Waals surface area (Å²) in [7, 11) is 0.283. The summed E-state index contributed by atoms with van der Waals surface area (Å²) in [5.74, 6) is 1.64. The number of sulfonamides is 1. The van der Waals surface area contributed by atoms with Crippen molar-refractivity contribution in [2.75, 3.05) is 30.0 Å². The Balaban J connectivity index is 1.68. The van der Waals surface area contributed by atoms with E-state index in [1.807, 2.05) is 49.3 Å². The Morgan fingerprint density at radius 3 is 2.40 bits per heavy atom. The predicted molar refractivity (Wildman–Crippen MR) is 135 cm³/mol. The van der Waals surface area contributed by atoms with Gasteiger partial charge in [-0.25, -0.2) is 18.4 Å². The van der Waals surface area contributed by atoms with Gasteiger partial charge in [-0.1, -0.05) is 24.3 Å². The summed E-state index contributed by atoms with van der Waals surface area (Å²) in [4.78, 5) is 15.5. The number of aromatic nitrogens is 5. The lowest BCUT2D eigenvalue weighted by Crippen LogP contribution is -2.18. The molecule has 4 aromatic rings. The highest BCUT2D eigenvalue weighted by Crippen LogP contribution is 2.28. The van der Waals surface area contributed by atoms with Crippen LogP contribution >= 0.6 is 0 Å². The van der Waals surface area contributed by atoms with Crippen LogP contribution in [0.1, 0.15) is 11.4 Å². The number of benzene rings is 1. The summed E-state index contributed by atoms with van der Waals surface area (Å²) in [6.45, 7) is 0. The lowest BCUT2D eigenvalue weighted by molar-refractivity contribution is 0.607. The third-order valence-corrected chi connectivity index (χ3v) is 5.67. The van der Waals surface area contributed by atoms with Crippen LogP contribution in [0.3, 0.4) is 0 Å². The molecule has 1 aliphatic rings. The topological polar surface area (TPSA) is 131 Å². The highest BCUT2D eigenvalue weighted by molar-refractivity contribution is 7.92. The lowest BCUT2D eigenvalue weighted by Gasteiger charge is -2.11. The smallest absolute Gasteiger partial charge is 0.229 e. The summed E-state index contributed by atoms with van der Waals surface area (Å²) in [5, 5.41) is 13.4. The highest BCUT2D eigenvalue weighted by atomic mass is 32.2. The molecule has 0 bridgehead atoms. The van der Waals surface area contributed by atoms with Crippen molar-refractivity contribution in [3.05, 3.63) is 78.4 Å². The van der Waals surface area contributed by atoms with Crippen LogP contribution in [0.5, 0.6) is 0 Å². The molecule has 1 aromatic carbocycles. The molecule has 3 aromatic heterocycles. The van der Waals surface area contributed by atoms with Crippen LogP contribution in [0.25, 0.3) is 11.5 Å². The van der Waals surface area contributed by atoms with E-state index in [-0.39, 0.29) is 0 Å². The molecule has 176 valence electrons. The van der Waals surface area contributed by atoms with Gasteiger partial charge in [-0.3, -0.25) is 9.71 Å². The minimum atomic E-state index is -3.53. The average Bonchev–Trinajstić information content (AvgIpc) is 3.39. The number of aliphatic imine (C=N–C) groups is 1. The Labute approximate surface area is 202 Å². The molecule has 5 rings (SSSR count). The number of para-hydroxylation sites is 1. The molecular weight excluding hydrogens is 466 g/mol. The molecule has 35 heavy (non-hydrogen) atoms. The van der Waals surface area contributed by atoms with E-state index in [4.69, 9.17) is 10.1 Å². The number of nitrogens with zero attached hydrogens (tertiary/aromatic N) is 8. The summed E-state index contributed by atoms with van der Waals surface area (Å²) in [6.07, 6.45) is 4.41. The first-order valence-electron chi connectivity index (χ1n) is 10.6. The second-order valence-corrected chi connectivity index (χ2v) is 9.72. The van der Waals surface area contributed by atoms with Gasteiger partial charge in [0.15, 0.2) is 0 Å². The zero-order chi connectivity index (χ0) is 24.6. The van der Waals surface area contributed by atoms with Gasteiger partial charge in [0.1, 0.15) is 22.9 Å². The van der Waals surface area contributed by atoms with Gasteiger partial charge >= 0.3 is 0 Å². The fraction of sp³-hybridized carbons (Fsp3) is 0.130. The van der Waals surface area contributed by atoms with Gasteiger partial charge in [-0.05, 0) is 30.3 Å². The van der Waals surface area contributed by atoms with Crippen LogP contribution in [-0.2, 0) is 10.0 Å². The van der Waals surface area contributed by atoms with Crippen LogP contribution in [0, 0.1) is 0 Å². The number of rotatable bonds is 6. The van der Waals surface area contributed by atoms with Crippen molar-refractivity contribution >= 4 is 38.6 Å². The normalized spacial score (nSPS) is 14.0. The maximum absolute atomic E-state index is 12.0. The van der Waals surface area contributed by atoms with Gasteiger partial charge in [-0.15, -0.1) is 10.2 Å². The minimum absolute atomic E-state index is 0.376. The molecule has 11 nitrogen and oxygen atoms in total. The molecule has 0 radical (unpaired) electrons. The number of nitrogens with one attached hydrogen (secondary N) is 1. The molecule has 0 saturated carbocycles. The molecular formula is C23H21N9O2S. The van der Waals surface area contributed by atoms with E-state index in [0.29, 0.717) is 45.7 Å². The van der Waals surface area contributed by atoms with Crippen molar-refractivity contribution in [1.29, 1.82) is 0 Å². The zero-order valence-electron chi connectivity index (χ0n) is 19.2. The van der Waals surface area contributed by atoms with E-state index < -0.39 is 10.0 Å². The maximum atomic E-state index is 12.0. The Morgan fingerprint density at radius 1 is 0.943 bits per heavy atom. The number of anilines is 2. The van der Waals surface area contributed by atoms with Gasteiger partial charge in [0.25, 0.3) is 0 Å². The van der Waals surface area contributed by atoms with Crippen molar-refractivity contribution in [1.82, 2.24) is 24.8 Å². The van der Waals surface area contributed by atoms with Crippen LogP contribution in [0.15, 0.2) is 77.1 Å². The largest absolute Gasteiger partial charge is 0.363 e. The highest BCUT2D eigenvalue weighted by Gasteiger charge is 2.31. The van der Waals surface area contributed by atoms with Crippen molar-refractivity contribution < 1.29 is 8.42 Å². The first-order valence-corrected chi connectivity index (χ1v) is 12.4. The molecule has 4 heterocycles. The number of fused-ring (bicyclic) bond motifs is 1. The van der Waals surface area contributed by atoms with Crippen molar-refractivity contribution in [2.24, 2.45) is 10.1 Å². The summed E-state index contributed by atoms with van der Waals surface area (Å²) in [6, 6.07) is 16.2. The number of pyridine rings is 2. The molecule has 0 unspecified atom stereocenters. The second kappa shape index (κ2) is 8.72. The Morgan fingerprint density at radius 2 is 1.71 bits per heavy atom. The zero-order valence-corrected chi connectivity index (χ0v) is 20.0. The second-order valence-electron chi connectivity index (χ2n) is 7.97. The van der Waals surface area contributed by atoms with Crippen molar-refractivity contribution in [3.8, 4) is 11.5 Å². The lowest BCUT2D eigenvalue weighted by atomic mass is 10.0. The van der Waals surface area contributed by atoms with E-state index in [9.17, 15) is 8.42 Å². The van der Waals surface area contributed by atoms with E-state index in [2.05, 4.69) is 24.9 Å². The quantitative estimate of drug-likeness (QED) is 0.442. The number of hydrogen-bond acceptors (Lipinski definition) is 9. The third kappa shape index (κ3) is 4.51. The minimum Gasteiger partial charge on any atom is -0.363 e. The molecule has 0 fully saturated rings. The van der Waals surface area contributed by atoms with Gasteiger partial charge in [0.2, 0.25) is 21.7 Å². The molecule has 0 spiro atoms. The first kappa shape index (κ1) is 22.3. The molecule has 0 amide bonds. The SMILES string of the molecule is CN(C)c1ccc(/N=C2/C(c3ccccc3NS(C)(=O)=O)=Nn3c2nnc3-c2ccccn2)cn1. The third-order valence-electron chi connectivity index (χ3n) is 5.08. The van der Waals surface area contributed by atoms with Crippen LogP contribution in [-0.4, -0.2) is 65.0 Å². The molecule has 12 heteroatoms. The summed E-state index contributed by atoms with van der Waals surface area (Å²) in [5.41, 5.74) is 2.97. The molecule has 0 saturated heterocycles. The number of hydrogen-bond donors (Lipinski definition) is 1. The molecule has 1 N–H and O–H groups in total. The van der Waals surface area contributed by atoms with E-state index in [0.717, 1.165) is 12.1 Å². The van der Waals surface area contributed by atoms with Crippen molar-refractivity contribution in [3.63, 3.8) is 0 Å². The first-order chi connectivity index (χ1) is 16.8. The maximum Gasteiger partial charge on any atom is 0.229 e. The summed E-state index contributed by atoms with van der Waals surface area (Å²) >= 11 is 0. The van der Waals surface area contributed by atoms with Gasteiger partial charge < -0.3 is 4.90 Å². The predicted octanol–water partition coefficient (Wildman–Crippen LogP) is 2.56. The van der Waals surface area contributed by atoms with Crippen LogP contribution in [0.2, 0.25) is 0 Å². The van der Waals surface area contributed by atoms with Gasteiger partial charge in [0.05, 0.1) is 23.8 Å². The van der Waals surface area contributed by atoms with Crippen LogP contribution in [0.4, 0.5) is 17.2 Å². The molecule has 1 aliphatic heterocycles. The Bertz CT molecular complexity index is 1560. The molecule has 0 aliphatic carbocycles. The monoisotopic (exact) mass is 487 g/mol. The van der Waals surface area contributed by atoms with E-state index >= 15 is 0 Å². The van der Waals surface area contributed by atoms with Crippen molar-refractivity contribution in [2.45, 2.75) is 0 Å². The van der Waals surface area contributed by atoms with E-state index in [1.165, 1.54) is 0 Å². The van der Waals surface area contributed by atoms with Gasteiger partial charge in [-0.2, -0.15) is 9.78 Å². The Kier molecular flexibility index (Phi) is 5.57.